The van der Waals surface area contributed by atoms with Gasteiger partial charge in [0.2, 0.25) is 0 Å². The Kier molecular flexibility index (Phi) is 4.34. The molecular weight excluding hydrogens is 400 g/mol. The highest BCUT2D eigenvalue weighted by Crippen LogP contribution is 2.45. The number of carbonyl (C=O) groups is 1. The van der Waals surface area contributed by atoms with Crippen LogP contribution in [0.4, 0.5) is 0 Å². The SMILES string of the molecule is COC(=O)[C@]1(c2cc3ccccc3n2S(=O)(=O)c2ccccc2)C[C@@H]2C=C[C@H]1NC2. The molecule has 7 heteroatoms. The zero-order valence-corrected chi connectivity index (χ0v) is 17.3. The fourth-order valence-corrected chi connectivity index (χ4v) is 6.47. The Labute approximate surface area is 175 Å². The van der Waals surface area contributed by atoms with E-state index in [0.29, 0.717) is 17.6 Å². The lowest BCUT2D eigenvalue weighted by atomic mass is 9.65. The first-order chi connectivity index (χ1) is 14.5. The number of esters is 1. The summed E-state index contributed by atoms with van der Waals surface area (Å²) in [6, 6.07) is 17.1. The van der Waals surface area contributed by atoms with Gasteiger partial charge in [0.15, 0.2) is 0 Å². The number of hydrogen-bond acceptors (Lipinski definition) is 5. The Morgan fingerprint density at radius 3 is 2.47 bits per heavy atom. The molecule has 0 unspecified atom stereocenters. The highest BCUT2D eigenvalue weighted by Gasteiger charge is 2.55. The van der Waals surface area contributed by atoms with Gasteiger partial charge in [-0.05, 0) is 36.6 Å². The van der Waals surface area contributed by atoms with E-state index in [-0.39, 0.29) is 16.9 Å². The Morgan fingerprint density at radius 1 is 1.10 bits per heavy atom. The average molecular weight is 423 g/mol. The Balaban J connectivity index is 1.85. The number of carbonyl (C=O) groups excluding carboxylic acids is 1. The van der Waals surface area contributed by atoms with E-state index in [1.807, 2.05) is 24.3 Å². The Hall–Kier alpha value is -2.90. The zero-order chi connectivity index (χ0) is 20.9. The van der Waals surface area contributed by atoms with Gasteiger partial charge in [0.1, 0.15) is 5.41 Å². The number of hydrogen-bond donors (Lipinski definition) is 1. The van der Waals surface area contributed by atoms with Gasteiger partial charge in [-0.1, -0.05) is 48.6 Å². The van der Waals surface area contributed by atoms with Gasteiger partial charge in [0.05, 0.1) is 23.2 Å². The number of ether oxygens (including phenoxy) is 1. The van der Waals surface area contributed by atoms with Crippen LogP contribution >= 0.6 is 0 Å². The van der Waals surface area contributed by atoms with Gasteiger partial charge in [0.25, 0.3) is 10.0 Å². The van der Waals surface area contributed by atoms with Crippen LogP contribution in [0.5, 0.6) is 0 Å². The number of nitrogens with zero attached hydrogens (tertiary/aromatic N) is 1. The van der Waals surface area contributed by atoms with E-state index in [9.17, 15) is 13.2 Å². The summed E-state index contributed by atoms with van der Waals surface area (Å²) in [4.78, 5) is 13.4. The molecule has 1 N–H and O–H groups in total. The van der Waals surface area contributed by atoms with E-state index in [2.05, 4.69) is 11.4 Å². The Bertz CT molecular complexity index is 1260. The van der Waals surface area contributed by atoms with Crippen LogP contribution in [-0.4, -0.2) is 38.1 Å². The molecule has 2 aliphatic heterocycles. The molecule has 3 heterocycles. The molecule has 154 valence electrons. The minimum absolute atomic E-state index is 0.125. The second-order valence-corrected chi connectivity index (χ2v) is 9.66. The first-order valence-corrected chi connectivity index (χ1v) is 11.3. The van der Waals surface area contributed by atoms with Crippen molar-refractivity contribution in [2.75, 3.05) is 13.7 Å². The van der Waals surface area contributed by atoms with Crippen LogP contribution in [0.25, 0.3) is 10.9 Å². The molecule has 3 aromatic rings. The molecule has 0 saturated carbocycles. The maximum Gasteiger partial charge on any atom is 0.319 e. The summed E-state index contributed by atoms with van der Waals surface area (Å²) in [6.45, 7) is 0.756. The second-order valence-electron chi connectivity index (χ2n) is 7.87. The number of methoxy groups -OCH3 is 1. The van der Waals surface area contributed by atoms with Gasteiger partial charge in [-0.3, -0.25) is 4.79 Å². The number of piperidine rings is 1. The van der Waals surface area contributed by atoms with E-state index in [1.54, 1.807) is 42.5 Å². The molecule has 2 bridgehead atoms. The third-order valence-electron chi connectivity index (χ3n) is 6.25. The predicted molar refractivity (Wildman–Crippen MR) is 114 cm³/mol. The fraction of sp³-hybridized carbons (Fsp3) is 0.261. The molecule has 0 radical (unpaired) electrons. The molecule has 0 amide bonds. The molecular formula is C23H22N2O4S. The lowest BCUT2D eigenvalue weighted by molar-refractivity contribution is -0.150. The van der Waals surface area contributed by atoms with Crippen molar-refractivity contribution in [2.45, 2.75) is 22.8 Å². The number of aromatic nitrogens is 1. The highest BCUT2D eigenvalue weighted by atomic mass is 32.2. The average Bonchev–Trinajstić information content (AvgIpc) is 3.20. The van der Waals surface area contributed by atoms with Crippen molar-refractivity contribution >= 4 is 26.9 Å². The van der Waals surface area contributed by atoms with E-state index in [4.69, 9.17) is 4.74 Å². The van der Waals surface area contributed by atoms with Crippen LogP contribution in [0.3, 0.4) is 0 Å². The van der Waals surface area contributed by atoms with Crippen molar-refractivity contribution in [3.05, 3.63) is 78.5 Å². The highest BCUT2D eigenvalue weighted by molar-refractivity contribution is 7.90. The first kappa shape index (κ1) is 19.1. The third-order valence-corrected chi connectivity index (χ3v) is 7.99. The summed E-state index contributed by atoms with van der Waals surface area (Å²) in [7, 11) is -2.59. The van der Waals surface area contributed by atoms with E-state index in [1.165, 1.54) is 11.1 Å². The van der Waals surface area contributed by atoms with Crippen molar-refractivity contribution in [1.82, 2.24) is 9.29 Å². The summed E-state index contributed by atoms with van der Waals surface area (Å²) in [6.07, 6.45) is 4.56. The van der Waals surface area contributed by atoms with Crippen molar-refractivity contribution < 1.29 is 17.9 Å². The molecule has 3 atom stereocenters. The molecule has 1 aliphatic carbocycles. The smallest absolute Gasteiger partial charge is 0.319 e. The van der Waals surface area contributed by atoms with Crippen LogP contribution in [0.1, 0.15) is 12.1 Å². The van der Waals surface area contributed by atoms with Crippen LogP contribution in [0, 0.1) is 5.92 Å². The predicted octanol–water partition coefficient (Wildman–Crippen LogP) is 2.84. The monoisotopic (exact) mass is 422 g/mol. The summed E-state index contributed by atoms with van der Waals surface area (Å²) >= 11 is 0. The van der Waals surface area contributed by atoms with Gasteiger partial charge in [0, 0.05) is 18.0 Å². The molecule has 1 saturated heterocycles. The number of rotatable bonds is 4. The summed E-state index contributed by atoms with van der Waals surface area (Å²) < 4.78 is 34.2. The summed E-state index contributed by atoms with van der Waals surface area (Å²) in [5.41, 5.74) is -0.149. The molecule has 1 fully saturated rings. The lowest BCUT2D eigenvalue weighted by Gasteiger charge is -2.47. The molecule has 1 aromatic heterocycles. The Morgan fingerprint density at radius 2 is 1.83 bits per heavy atom. The summed E-state index contributed by atoms with van der Waals surface area (Å²) in [5, 5.41) is 4.15. The molecule has 6 rings (SSSR count). The topological polar surface area (TPSA) is 77.4 Å². The standard InChI is InChI=1S/C23H22N2O4S/c1-29-22(26)23(14-16-11-12-20(23)24-15-16)21-13-17-7-5-6-10-19(17)25(21)30(27,28)18-8-3-2-4-9-18/h2-13,16,20,24H,14-15H2,1H3/t16-,20+,23+/m0/s1. The van der Waals surface area contributed by atoms with Crippen LogP contribution in [-0.2, 0) is 25.0 Å². The molecule has 30 heavy (non-hydrogen) atoms. The second kappa shape index (κ2) is 6.82. The van der Waals surface area contributed by atoms with Gasteiger partial charge in [-0.25, -0.2) is 12.4 Å². The van der Waals surface area contributed by atoms with Crippen molar-refractivity contribution in [2.24, 2.45) is 5.92 Å². The minimum Gasteiger partial charge on any atom is -0.468 e. The van der Waals surface area contributed by atoms with Gasteiger partial charge in [-0.2, -0.15) is 0 Å². The van der Waals surface area contributed by atoms with Gasteiger partial charge in [-0.15, -0.1) is 0 Å². The summed E-state index contributed by atoms with van der Waals surface area (Å²) in [5.74, 6) is -0.304. The van der Waals surface area contributed by atoms with Crippen LogP contribution < -0.4 is 5.32 Å². The molecule has 3 aliphatic rings. The third kappa shape index (κ3) is 2.58. The maximum absolute atomic E-state index is 13.8. The number of para-hydroxylation sites is 1. The zero-order valence-electron chi connectivity index (χ0n) is 16.5. The van der Waals surface area contributed by atoms with E-state index >= 15 is 0 Å². The van der Waals surface area contributed by atoms with Crippen molar-refractivity contribution in [1.29, 1.82) is 0 Å². The lowest BCUT2D eigenvalue weighted by Crippen LogP contribution is -2.61. The van der Waals surface area contributed by atoms with Crippen molar-refractivity contribution in [3.63, 3.8) is 0 Å². The molecule has 2 aromatic carbocycles. The van der Waals surface area contributed by atoms with E-state index in [0.717, 1.165) is 11.9 Å². The fourth-order valence-electron chi connectivity index (χ4n) is 4.86. The maximum atomic E-state index is 13.8. The molecule has 6 nitrogen and oxygen atoms in total. The van der Waals surface area contributed by atoms with Crippen LogP contribution in [0.15, 0.2) is 77.7 Å². The first-order valence-electron chi connectivity index (χ1n) is 9.90. The van der Waals surface area contributed by atoms with Gasteiger partial charge >= 0.3 is 5.97 Å². The van der Waals surface area contributed by atoms with Gasteiger partial charge < -0.3 is 10.1 Å². The molecule has 0 spiro atoms. The van der Waals surface area contributed by atoms with Crippen molar-refractivity contribution in [3.8, 4) is 0 Å². The number of fused-ring (bicyclic) bond motifs is 3. The minimum atomic E-state index is -3.94. The number of nitrogens with one attached hydrogen (secondary N) is 1. The van der Waals surface area contributed by atoms with E-state index < -0.39 is 21.4 Å². The largest absolute Gasteiger partial charge is 0.468 e. The van der Waals surface area contributed by atoms with Crippen LogP contribution in [0.2, 0.25) is 0 Å². The normalized spacial score (nSPS) is 25.5. The quantitative estimate of drug-likeness (QED) is 0.517. The number of benzene rings is 2.